The minimum Gasteiger partial charge on any atom is -0.493 e. The number of carbonyl (C=O) groups excluding carboxylic acids is 9. The monoisotopic (exact) mass is 1160 g/mol. The van der Waals surface area contributed by atoms with Gasteiger partial charge in [-0.2, -0.15) is 0 Å². The van der Waals surface area contributed by atoms with Gasteiger partial charge in [0, 0.05) is 57.1 Å². The number of likely N-dealkylation sites (tertiary alicyclic amines) is 2. The maximum Gasteiger partial charge on any atom is 0.412 e. The maximum atomic E-state index is 14.3. The van der Waals surface area contributed by atoms with E-state index in [-0.39, 0.29) is 97.3 Å². The number of ether oxygens (including phenoxy) is 9. The second-order valence-electron chi connectivity index (χ2n) is 20.7. The van der Waals surface area contributed by atoms with Crippen LogP contribution in [0.25, 0.3) is 0 Å². The third kappa shape index (κ3) is 19.4. The minimum atomic E-state index is -0.997. The highest BCUT2D eigenvalue weighted by atomic mass is 16.6. The van der Waals surface area contributed by atoms with E-state index in [2.05, 4.69) is 33.2 Å². The van der Waals surface area contributed by atoms with Crippen LogP contribution in [0.5, 0.6) is 23.0 Å². The lowest BCUT2D eigenvalue weighted by atomic mass is 10.0. The molecule has 0 saturated carbocycles. The highest BCUT2D eigenvalue weighted by molar-refractivity contribution is 6.05. The predicted molar refractivity (Wildman–Crippen MR) is 302 cm³/mol. The van der Waals surface area contributed by atoms with E-state index >= 15 is 0 Å². The first-order valence-corrected chi connectivity index (χ1v) is 27.3. The van der Waals surface area contributed by atoms with Crippen LogP contribution in [0.15, 0.2) is 61.2 Å². The molecular formula is C58H77N7O18. The van der Waals surface area contributed by atoms with Gasteiger partial charge >= 0.3 is 30.2 Å². The molecule has 2 saturated heterocycles. The van der Waals surface area contributed by atoms with Crippen molar-refractivity contribution in [2.24, 2.45) is 5.92 Å². The van der Waals surface area contributed by atoms with Crippen molar-refractivity contribution < 1.29 is 85.8 Å². The van der Waals surface area contributed by atoms with Crippen LogP contribution in [0.4, 0.5) is 31.4 Å². The zero-order valence-electron chi connectivity index (χ0n) is 48.7. The second kappa shape index (κ2) is 30.9. The number of alkyl carbamates (subject to hydrolysis) is 1. The van der Waals surface area contributed by atoms with E-state index in [1.807, 2.05) is 0 Å². The van der Waals surface area contributed by atoms with Crippen LogP contribution in [0.1, 0.15) is 120 Å². The molecule has 452 valence electrons. The summed E-state index contributed by atoms with van der Waals surface area (Å²) in [5, 5.41) is 13.1. The van der Waals surface area contributed by atoms with Crippen LogP contribution in [0.2, 0.25) is 0 Å². The van der Waals surface area contributed by atoms with Crippen molar-refractivity contribution in [3.8, 4) is 23.0 Å². The van der Waals surface area contributed by atoms with Gasteiger partial charge in [0.05, 0.1) is 56.0 Å². The molecule has 0 radical (unpaired) electrons. The molecule has 25 heteroatoms. The summed E-state index contributed by atoms with van der Waals surface area (Å²) in [7, 11) is 2.77. The van der Waals surface area contributed by atoms with Gasteiger partial charge in [0.1, 0.15) is 37.5 Å². The first-order chi connectivity index (χ1) is 39.4. The van der Waals surface area contributed by atoms with E-state index < -0.39 is 83.8 Å². The molecule has 0 bridgehead atoms. The van der Waals surface area contributed by atoms with Gasteiger partial charge in [-0.1, -0.05) is 45.6 Å². The fourth-order valence-corrected chi connectivity index (χ4v) is 8.62. The smallest absolute Gasteiger partial charge is 0.412 e. The number of carbonyl (C=O) groups is 9. The molecule has 2 heterocycles. The molecule has 3 aromatic rings. The van der Waals surface area contributed by atoms with E-state index in [4.69, 9.17) is 42.6 Å². The second-order valence-corrected chi connectivity index (χ2v) is 20.7. The summed E-state index contributed by atoms with van der Waals surface area (Å²) < 4.78 is 50.5. The molecule has 25 nitrogen and oxygen atoms in total. The molecule has 5 rings (SSSR count). The number of esters is 2. The lowest BCUT2D eigenvalue weighted by Crippen LogP contribution is -2.53. The topological polar surface area (TPSA) is 303 Å². The minimum absolute atomic E-state index is 0.00758. The Morgan fingerprint density at radius 3 is 1.83 bits per heavy atom. The predicted octanol–water partition coefficient (Wildman–Crippen LogP) is 7.71. The fourth-order valence-electron chi connectivity index (χ4n) is 8.62. The Bertz CT molecular complexity index is 2820. The summed E-state index contributed by atoms with van der Waals surface area (Å²) in [6.07, 6.45) is 0.632. The van der Waals surface area contributed by atoms with Crippen LogP contribution in [-0.4, -0.2) is 147 Å². The van der Waals surface area contributed by atoms with Gasteiger partial charge < -0.3 is 68.4 Å². The van der Waals surface area contributed by atoms with E-state index in [9.17, 15) is 43.2 Å². The summed E-state index contributed by atoms with van der Waals surface area (Å²) in [6, 6.07) is 9.68. The lowest BCUT2D eigenvalue weighted by Gasteiger charge is -2.26. The van der Waals surface area contributed by atoms with Gasteiger partial charge in [-0.3, -0.25) is 39.4 Å². The van der Waals surface area contributed by atoms with Crippen molar-refractivity contribution in [1.82, 2.24) is 20.4 Å². The van der Waals surface area contributed by atoms with Gasteiger partial charge in [-0.15, -0.1) is 0 Å². The van der Waals surface area contributed by atoms with Crippen molar-refractivity contribution in [3.63, 3.8) is 0 Å². The number of rotatable bonds is 26. The zero-order chi connectivity index (χ0) is 61.0. The van der Waals surface area contributed by atoms with Crippen molar-refractivity contribution in [3.05, 3.63) is 77.9 Å². The standard InChI is InChI=1S/C58H77N7O18/c1-12-25-79-56(73)63-50(34(3)4)52(69)59-35(5)51(68)60-38-21-19-37(20-22-38)32-81-55(72)61-42-30-46(44(75-10)28-40(42)53(70)64-23-14-17-39(64)33-80-36(6)66)77-26-16-27-78-47-31-43(62-57(74)83-58(7,8)9)41(29-45(47)76-11)54(71)65-24-15-18-48(65)82-49(67)13-2/h12,19-22,28-31,34-35,39,48,50H,1,13-18,23-27,32-33H2,2-11H3,(H,59,69)(H,60,68)(H,61,72)(H,62,74)(H,63,73). The number of methoxy groups -OCH3 is 2. The molecule has 0 spiro atoms. The molecule has 0 aliphatic carbocycles. The fraction of sp³-hybridized carbons (Fsp3) is 0.500. The van der Waals surface area contributed by atoms with Crippen LogP contribution in [0.3, 0.4) is 0 Å². The molecule has 4 unspecified atom stereocenters. The van der Waals surface area contributed by atoms with Gasteiger partial charge in [0.25, 0.3) is 11.8 Å². The van der Waals surface area contributed by atoms with Crippen LogP contribution in [0, 0.1) is 5.92 Å². The molecule has 2 aliphatic heterocycles. The Morgan fingerprint density at radius 2 is 1.28 bits per heavy atom. The van der Waals surface area contributed by atoms with Gasteiger partial charge in [0.2, 0.25) is 11.8 Å². The average molecular weight is 1160 g/mol. The number of hydrogen-bond donors (Lipinski definition) is 5. The van der Waals surface area contributed by atoms with Crippen molar-refractivity contribution in [2.45, 2.75) is 130 Å². The maximum absolute atomic E-state index is 14.3. The van der Waals surface area contributed by atoms with Crippen LogP contribution >= 0.6 is 0 Å². The van der Waals surface area contributed by atoms with Crippen LogP contribution < -0.4 is 45.5 Å². The Balaban J connectivity index is 1.28. The molecule has 83 heavy (non-hydrogen) atoms. The molecular weight excluding hydrogens is 1080 g/mol. The molecule has 2 aliphatic rings. The van der Waals surface area contributed by atoms with Crippen molar-refractivity contribution in [1.29, 1.82) is 0 Å². The van der Waals surface area contributed by atoms with Crippen LogP contribution in [-0.2, 0) is 49.5 Å². The molecule has 0 aromatic heterocycles. The first kappa shape index (κ1) is 65.0. The Kier molecular flexibility index (Phi) is 24.2. The highest BCUT2D eigenvalue weighted by Crippen LogP contribution is 2.38. The largest absolute Gasteiger partial charge is 0.493 e. The van der Waals surface area contributed by atoms with E-state index in [0.717, 1.165) is 0 Å². The summed E-state index contributed by atoms with van der Waals surface area (Å²) in [5.41, 5.74) is 0.178. The zero-order valence-corrected chi connectivity index (χ0v) is 48.7. The first-order valence-electron chi connectivity index (χ1n) is 27.3. The number of nitrogens with one attached hydrogen (secondary N) is 5. The van der Waals surface area contributed by atoms with Gasteiger partial charge in [-0.05, 0) is 82.7 Å². The third-order valence-corrected chi connectivity index (χ3v) is 12.8. The quantitative estimate of drug-likeness (QED) is 0.0222. The third-order valence-electron chi connectivity index (χ3n) is 12.8. The molecule has 3 aromatic carbocycles. The molecule has 7 amide bonds. The van der Waals surface area contributed by atoms with E-state index in [1.165, 1.54) is 63.3 Å². The van der Waals surface area contributed by atoms with Gasteiger partial charge in [-0.25, -0.2) is 14.4 Å². The molecule has 5 N–H and O–H groups in total. The van der Waals surface area contributed by atoms with Crippen molar-refractivity contribution in [2.75, 3.05) is 69.7 Å². The highest BCUT2D eigenvalue weighted by Gasteiger charge is 2.36. The van der Waals surface area contributed by atoms with Gasteiger partial charge in [0.15, 0.2) is 29.2 Å². The number of benzene rings is 3. The molecule has 4 atom stereocenters. The van der Waals surface area contributed by atoms with E-state index in [0.29, 0.717) is 50.0 Å². The van der Waals surface area contributed by atoms with E-state index in [1.54, 1.807) is 70.7 Å². The Morgan fingerprint density at radius 1 is 0.699 bits per heavy atom. The average Bonchev–Trinajstić information content (AvgIpc) is 4.32. The Hall–Kier alpha value is -8.77. The lowest BCUT2D eigenvalue weighted by molar-refractivity contribution is -0.154. The number of anilines is 3. The molecule has 2 fully saturated rings. The summed E-state index contributed by atoms with van der Waals surface area (Å²) >= 11 is 0. The summed E-state index contributed by atoms with van der Waals surface area (Å²) in [5.74, 6) is -2.80. The van der Waals surface area contributed by atoms with Crippen molar-refractivity contribution >= 4 is 70.9 Å². The number of amides is 7. The summed E-state index contributed by atoms with van der Waals surface area (Å²) in [6.45, 7) is 16.8. The number of hydrogen-bond acceptors (Lipinski definition) is 18. The SMILES string of the molecule is C=CCOC(=O)NC(C(=O)NC(C)C(=O)Nc1ccc(COC(=O)Nc2cc(OCCCOc3cc(NC(=O)OC(C)(C)C)c(C(=O)N4CCCC4OC(=O)CC)cc3OC)c(OC)cc2C(=O)N2CCCC2COC(C)=O)cc1)C(C)C. The normalized spacial score (nSPS) is 15.4. The summed E-state index contributed by atoms with van der Waals surface area (Å²) in [4.78, 5) is 120. The number of nitrogens with zero attached hydrogens (tertiary/aromatic N) is 2. The Labute approximate surface area is 482 Å².